The number of piperazine rings is 1. The number of alkyl halides is 3. The smallest absolute Gasteiger partial charge is 0.365 e. The maximum Gasteiger partial charge on any atom is 0.419 e. The Kier molecular flexibility index (Phi) is 3.38. The largest absolute Gasteiger partial charge is 0.419 e. The zero-order chi connectivity index (χ0) is 16.2. The number of rotatable bonds is 1. The van der Waals surface area contributed by atoms with Gasteiger partial charge in [0.25, 0.3) is 0 Å². The molecule has 1 aromatic rings. The summed E-state index contributed by atoms with van der Waals surface area (Å²) in [7, 11) is 0. The van der Waals surface area contributed by atoms with E-state index in [2.05, 4.69) is 10.2 Å². The Morgan fingerprint density at radius 3 is 2.52 bits per heavy atom. The Morgan fingerprint density at radius 2 is 1.87 bits per heavy atom. The van der Waals surface area contributed by atoms with Gasteiger partial charge in [0.15, 0.2) is 0 Å². The van der Waals surface area contributed by atoms with Gasteiger partial charge in [-0.1, -0.05) is 12.8 Å². The van der Waals surface area contributed by atoms with E-state index < -0.39 is 17.6 Å². The molecule has 1 heterocycles. The van der Waals surface area contributed by atoms with E-state index in [9.17, 15) is 17.6 Å². The Morgan fingerprint density at radius 1 is 1.13 bits per heavy atom. The molecule has 1 saturated heterocycles. The molecule has 0 radical (unpaired) electrons. The average molecular weight is 328 g/mol. The summed E-state index contributed by atoms with van der Waals surface area (Å²) in [4.78, 5) is 2.15. The molecule has 1 unspecified atom stereocenters. The van der Waals surface area contributed by atoms with Gasteiger partial charge in [0.05, 0.1) is 5.56 Å². The lowest BCUT2D eigenvalue weighted by molar-refractivity contribution is -0.139. The molecule has 0 aromatic heterocycles. The van der Waals surface area contributed by atoms with Gasteiger partial charge in [-0.25, -0.2) is 4.39 Å². The van der Waals surface area contributed by atoms with Gasteiger partial charge < -0.3 is 10.2 Å². The van der Waals surface area contributed by atoms with Crippen LogP contribution >= 0.6 is 0 Å². The topological polar surface area (TPSA) is 15.3 Å². The third-order valence-corrected chi connectivity index (χ3v) is 5.54. The Labute approximate surface area is 132 Å². The summed E-state index contributed by atoms with van der Waals surface area (Å²) in [6.45, 7) is 0.763. The van der Waals surface area contributed by atoms with Crippen molar-refractivity contribution in [1.82, 2.24) is 5.32 Å². The van der Waals surface area contributed by atoms with Gasteiger partial charge in [-0.3, -0.25) is 0 Å². The van der Waals surface area contributed by atoms with Crippen molar-refractivity contribution in [2.24, 2.45) is 0 Å². The molecular formula is C17H20F4N2. The van der Waals surface area contributed by atoms with Crippen LogP contribution in [0.3, 0.4) is 0 Å². The van der Waals surface area contributed by atoms with Crippen LogP contribution in [0.4, 0.5) is 23.2 Å². The normalized spacial score (nSPS) is 29.5. The minimum Gasteiger partial charge on any atom is -0.365 e. The van der Waals surface area contributed by atoms with Crippen LogP contribution in [0, 0.1) is 5.82 Å². The third kappa shape index (κ3) is 2.71. The fourth-order valence-corrected chi connectivity index (χ4v) is 4.18. The van der Waals surface area contributed by atoms with Crippen LogP contribution in [0.2, 0.25) is 0 Å². The van der Waals surface area contributed by atoms with Crippen molar-refractivity contribution in [2.45, 2.75) is 62.3 Å². The van der Waals surface area contributed by atoms with E-state index in [1.807, 2.05) is 0 Å². The van der Waals surface area contributed by atoms with Gasteiger partial charge in [-0.15, -0.1) is 0 Å². The highest BCUT2D eigenvalue weighted by Gasteiger charge is 2.52. The lowest BCUT2D eigenvalue weighted by Gasteiger charge is -2.49. The van der Waals surface area contributed by atoms with Crippen LogP contribution in [0.1, 0.15) is 44.1 Å². The molecule has 1 aliphatic heterocycles. The molecule has 0 amide bonds. The summed E-state index contributed by atoms with van der Waals surface area (Å²) < 4.78 is 52.3. The summed E-state index contributed by atoms with van der Waals surface area (Å²) >= 11 is 0. The van der Waals surface area contributed by atoms with E-state index in [1.165, 1.54) is 12.5 Å². The lowest BCUT2D eigenvalue weighted by Crippen LogP contribution is -2.64. The molecule has 126 valence electrons. The number of halogens is 4. The second-order valence-corrected chi connectivity index (χ2v) is 7.17. The zero-order valence-electron chi connectivity index (χ0n) is 12.8. The van der Waals surface area contributed by atoms with Gasteiger partial charge in [-0.05, 0) is 43.9 Å². The molecule has 6 heteroatoms. The predicted molar refractivity (Wildman–Crippen MR) is 79.9 cm³/mol. The third-order valence-electron chi connectivity index (χ3n) is 5.54. The van der Waals surface area contributed by atoms with E-state index in [0.29, 0.717) is 11.7 Å². The van der Waals surface area contributed by atoms with Crippen molar-refractivity contribution in [2.75, 3.05) is 11.4 Å². The highest BCUT2D eigenvalue weighted by Crippen LogP contribution is 2.44. The summed E-state index contributed by atoms with van der Waals surface area (Å²) in [5.41, 5.74) is -0.504. The number of nitrogens with one attached hydrogen (secondary N) is 1. The molecule has 3 aliphatic rings. The molecule has 1 spiro atoms. The van der Waals surface area contributed by atoms with Crippen molar-refractivity contribution in [3.05, 3.63) is 29.6 Å². The fraction of sp³-hybridized carbons (Fsp3) is 0.647. The summed E-state index contributed by atoms with van der Waals surface area (Å²) in [6, 6.07) is 4.00. The van der Waals surface area contributed by atoms with Crippen molar-refractivity contribution in [3.63, 3.8) is 0 Å². The molecule has 1 N–H and O–H groups in total. The first-order valence-corrected chi connectivity index (χ1v) is 8.29. The average Bonchev–Trinajstić information content (AvgIpc) is 3.23. The van der Waals surface area contributed by atoms with E-state index in [4.69, 9.17) is 0 Å². The molecule has 0 bridgehead atoms. The fourth-order valence-electron chi connectivity index (χ4n) is 4.18. The van der Waals surface area contributed by atoms with Gasteiger partial charge >= 0.3 is 6.18 Å². The number of benzene rings is 1. The first-order chi connectivity index (χ1) is 10.9. The Hall–Kier alpha value is -1.30. The van der Waals surface area contributed by atoms with E-state index in [-0.39, 0.29) is 11.6 Å². The molecule has 23 heavy (non-hydrogen) atoms. The minimum atomic E-state index is -4.64. The number of anilines is 1. The second kappa shape index (κ2) is 5.10. The SMILES string of the molecule is Fc1cc(N2CC3(CC3)NC3CCCC[C@H]32)ccc1C(F)(F)F. The second-order valence-electron chi connectivity index (χ2n) is 7.17. The monoisotopic (exact) mass is 328 g/mol. The summed E-state index contributed by atoms with van der Waals surface area (Å²) in [5.74, 6) is -1.18. The summed E-state index contributed by atoms with van der Waals surface area (Å²) in [5, 5.41) is 3.74. The van der Waals surface area contributed by atoms with Gasteiger partial charge in [-0.2, -0.15) is 13.2 Å². The molecule has 2 atom stereocenters. The highest BCUT2D eigenvalue weighted by molar-refractivity contribution is 5.52. The maximum absolute atomic E-state index is 14.0. The van der Waals surface area contributed by atoms with Crippen LogP contribution in [0.15, 0.2) is 18.2 Å². The molecule has 2 nitrogen and oxygen atoms in total. The number of hydrogen-bond donors (Lipinski definition) is 1. The van der Waals surface area contributed by atoms with E-state index in [0.717, 1.165) is 50.8 Å². The maximum atomic E-state index is 14.0. The van der Waals surface area contributed by atoms with Crippen LogP contribution in [0.25, 0.3) is 0 Å². The van der Waals surface area contributed by atoms with Crippen molar-refractivity contribution < 1.29 is 17.6 Å². The minimum absolute atomic E-state index is 0.0949. The molecule has 1 aromatic carbocycles. The standard InChI is InChI=1S/C17H20F4N2/c18-13-9-11(5-6-12(13)17(19,20)21)23-10-16(7-8-16)22-14-3-1-2-4-15(14)23/h5-6,9,14-15,22H,1-4,7-8,10H2/t14?,15-/m1/s1. The number of fused-ring (bicyclic) bond motifs is 1. The van der Waals surface area contributed by atoms with Crippen molar-refractivity contribution >= 4 is 5.69 Å². The molecule has 3 fully saturated rings. The number of nitrogens with zero attached hydrogens (tertiary/aromatic N) is 1. The van der Waals surface area contributed by atoms with Crippen LogP contribution in [-0.2, 0) is 6.18 Å². The Balaban J connectivity index is 1.66. The first kappa shape index (κ1) is 15.2. The molecular weight excluding hydrogens is 308 g/mol. The van der Waals surface area contributed by atoms with Crippen LogP contribution in [-0.4, -0.2) is 24.2 Å². The molecule has 4 rings (SSSR count). The van der Waals surface area contributed by atoms with Crippen LogP contribution in [0.5, 0.6) is 0 Å². The van der Waals surface area contributed by atoms with Crippen molar-refractivity contribution in [1.29, 1.82) is 0 Å². The quantitative estimate of drug-likeness (QED) is 0.781. The Bertz CT molecular complexity index is 609. The van der Waals surface area contributed by atoms with Crippen molar-refractivity contribution in [3.8, 4) is 0 Å². The predicted octanol–water partition coefficient (Wildman–Crippen LogP) is 4.10. The van der Waals surface area contributed by atoms with Gasteiger partial charge in [0.1, 0.15) is 5.82 Å². The first-order valence-electron chi connectivity index (χ1n) is 8.29. The molecule has 2 aliphatic carbocycles. The van der Waals surface area contributed by atoms with Crippen LogP contribution < -0.4 is 10.2 Å². The lowest BCUT2D eigenvalue weighted by atomic mass is 9.85. The number of hydrogen-bond acceptors (Lipinski definition) is 2. The van der Waals surface area contributed by atoms with E-state index >= 15 is 0 Å². The summed E-state index contributed by atoms with van der Waals surface area (Å²) in [6.07, 6.45) is 1.94. The zero-order valence-corrected chi connectivity index (χ0v) is 12.8. The molecule has 2 saturated carbocycles. The van der Waals surface area contributed by atoms with Gasteiger partial charge in [0.2, 0.25) is 0 Å². The highest BCUT2D eigenvalue weighted by atomic mass is 19.4. The van der Waals surface area contributed by atoms with E-state index in [1.54, 1.807) is 0 Å². The van der Waals surface area contributed by atoms with Gasteiger partial charge in [0, 0.05) is 29.9 Å².